The standard InChI is InChI=1S/C21H20N8O3/c22-21-28-18-17(20(32)29-21)26-14(10-25-18)9-24-13-6-4-12(5-7-13)19(31)27-16(11-30)15-3-1-2-8-23-15/h1-8,10-11,16-18,24H,9H2,(H,27,31)(H3,22,28,29,32). The number of carbonyl (C=O) groups is 3. The van der Waals surface area contributed by atoms with Gasteiger partial charge < -0.3 is 21.2 Å². The minimum Gasteiger partial charge on any atom is -0.379 e. The van der Waals surface area contributed by atoms with Crippen LogP contribution in [0.15, 0.2) is 63.6 Å². The number of hydrogen-bond donors (Lipinski definition) is 4. The number of nitrogens with zero attached hydrogens (tertiary/aromatic N) is 4. The van der Waals surface area contributed by atoms with Crippen LogP contribution in [0.4, 0.5) is 5.69 Å². The molecule has 3 atom stereocenters. The predicted octanol–water partition coefficient (Wildman–Crippen LogP) is -0.172. The van der Waals surface area contributed by atoms with Gasteiger partial charge in [0.05, 0.1) is 18.0 Å². The van der Waals surface area contributed by atoms with E-state index >= 15 is 0 Å². The second-order valence-electron chi connectivity index (χ2n) is 7.03. The molecule has 32 heavy (non-hydrogen) atoms. The average molecular weight is 432 g/mol. The zero-order chi connectivity index (χ0) is 22.5. The number of fused-ring (bicyclic) bond motifs is 1. The fraction of sp³-hybridized carbons (Fsp3) is 0.190. The highest BCUT2D eigenvalue weighted by atomic mass is 16.2. The molecule has 2 aliphatic rings. The smallest absolute Gasteiger partial charge is 0.255 e. The first kappa shape index (κ1) is 20.8. The molecule has 3 heterocycles. The molecule has 0 saturated heterocycles. The van der Waals surface area contributed by atoms with E-state index in [0.29, 0.717) is 29.8 Å². The summed E-state index contributed by atoms with van der Waals surface area (Å²) in [6.07, 6.45) is 3.12. The Morgan fingerprint density at radius 3 is 2.72 bits per heavy atom. The number of anilines is 1. The summed E-state index contributed by atoms with van der Waals surface area (Å²) < 4.78 is 0. The van der Waals surface area contributed by atoms with Crippen molar-refractivity contribution in [3.63, 3.8) is 0 Å². The van der Waals surface area contributed by atoms with Gasteiger partial charge in [-0.1, -0.05) is 6.07 Å². The van der Waals surface area contributed by atoms with Crippen LogP contribution < -0.4 is 21.7 Å². The third-order valence-corrected chi connectivity index (χ3v) is 4.80. The lowest BCUT2D eigenvalue weighted by atomic mass is 10.1. The SMILES string of the molecule is NC1=NC2N=CC(CNc3ccc(C(=O)NC(C=O)c4ccccn4)cc3)=NC2C(=O)N1. The summed E-state index contributed by atoms with van der Waals surface area (Å²) in [4.78, 5) is 52.6. The third-order valence-electron chi connectivity index (χ3n) is 4.80. The number of carbonyl (C=O) groups excluding carboxylic acids is 3. The molecule has 2 amide bonds. The first-order valence-corrected chi connectivity index (χ1v) is 9.78. The topological polar surface area (TPSA) is 163 Å². The zero-order valence-corrected chi connectivity index (χ0v) is 16.8. The van der Waals surface area contributed by atoms with Crippen LogP contribution in [0, 0.1) is 0 Å². The molecule has 5 N–H and O–H groups in total. The number of guanidine groups is 1. The van der Waals surface area contributed by atoms with Crippen molar-refractivity contribution in [2.24, 2.45) is 20.7 Å². The van der Waals surface area contributed by atoms with Crippen LogP contribution in [0.2, 0.25) is 0 Å². The molecule has 0 spiro atoms. The fourth-order valence-electron chi connectivity index (χ4n) is 3.18. The van der Waals surface area contributed by atoms with Gasteiger partial charge in [0.25, 0.3) is 11.8 Å². The van der Waals surface area contributed by atoms with Crippen molar-refractivity contribution in [3.05, 3.63) is 59.9 Å². The number of benzene rings is 1. The Labute approximate surface area is 183 Å². The highest BCUT2D eigenvalue weighted by Gasteiger charge is 2.33. The number of aliphatic imine (C=N–C) groups is 3. The van der Waals surface area contributed by atoms with Crippen molar-refractivity contribution in [2.75, 3.05) is 11.9 Å². The van der Waals surface area contributed by atoms with E-state index in [0.717, 1.165) is 5.69 Å². The first-order valence-electron chi connectivity index (χ1n) is 9.78. The van der Waals surface area contributed by atoms with Crippen molar-refractivity contribution in [2.45, 2.75) is 18.2 Å². The van der Waals surface area contributed by atoms with E-state index < -0.39 is 24.2 Å². The number of aldehydes is 1. The molecule has 1 aromatic carbocycles. The van der Waals surface area contributed by atoms with Crippen LogP contribution in [-0.4, -0.2) is 59.7 Å². The van der Waals surface area contributed by atoms with E-state index in [9.17, 15) is 14.4 Å². The van der Waals surface area contributed by atoms with Crippen LogP contribution in [0.1, 0.15) is 22.1 Å². The maximum Gasteiger partial charge on any atom is 0.255 e. The van der Waals surface area contributed by atoms with Gasteiger partial charge in [0.1, 0.15) is 12.3 Å². The Bertz CT molecular complexity index is 1110. The summed E-state index contributed by atoms with van der Waals surface area (Å²) in [7, 11) is 0. The largest absolute Gasteiger partial charge is 0.379 e. The van der Waals surface area contributed by atoms with Crippen LogP contribution in [0.3, 0.4) is 0 Å². The summed E-state index contributed by atoms with van der Waals surface area (Å²) >= 11 is 0. The second-order valence-corrected chi connectivity index (χ2v) is 7.03. The number of hydrogen-bond acceptors (Lipinski definition) is 9. The number of nitrogens with one attached hydrogen (secondary N) is 3. The van der Waals surface area contributed by atoms with E-state index in [1.807, 2.05) is 0 Å². The number of pyridine rings is 1. The van der Waals surface area contributed by atoms with Crippen molar-refractivity contribution >= 4 is 41.7 Å². The lowest BCUT2D eigenvalue weighted by Gasteiger charge is -2.25. The maximum absolute atomic E-state index is 12.5. The number of rotatable bonds is 7. The molecule has 2 aromatic rings. The van der Waals surface area contributed by atoms with Crippen molar-refractivity contribution in [1.29, 1.82) is 0 Å². The Morgan fingerprint density at radius 2 is 2.00 bits per heavy atom. The molecule has 1 aromatic heterocycles. The number of amides is 2. The van der Waals surface area contributed by atoms with Gasteiger partial charge in [0.2, 0.25) is 0 Å². The van der Waals surface area contributed by atoms with Gasteiger partial charge in [0, 0.05) is 23.7 Å². The molecular weight excluding hydrogens is 412 g/mol. The molecule has 4 rings (SSSR count). The molecule has 0 fully saturated rings. The summed E-state index contributed by atoms with van der Waals surface area (Å²) in [5.41, 5.74) is 7.72. The second kappa shape index (κ2) is 9.16. The van der Waals surface area contributed by atoms with E-state index in [4.69, 9.17) is 5.73 Å². The monoisotopic (exact) mass is 432 g/mol. The van der Waals surface area contributed by atoms with Gasteiger partial charge in [-0.15, -0.1) is 0 Å². The lowest BCUT2D eigenvalue weighted by molar-refractivity contribution is -0.121. The van der Waals surface area contributed by atoms with E-state index in [2.05, 4.69) is 35.9 Å². The zero-order valence-electron chi connectivity index (χ0n) is 16.8. The van der Waals surface area contributed by atoms with Crippen LogP contribution >= 0.6 is 0 Å². The molecule has 2 aliphatic heterocycles. The molecule has 11 nitrogen and oxygen atoms in total. The molecule has 3 unspecified atom stereocenters. The average Bonchev–Trinajstić information content (AvgIpc) is 2.82. The van der Waals surface area contributed by atoms with Crippen LogP contribution in [-0.2, 0) is 9.59 Å². The maximum atomic E-state index is 12.5. The Kier molecular flexibility index (Phi) is 5.97. The van der Waals surface area contributed by atoms with Gasteiger partial charge in [-0.05, 0) is 36.4 Å². The Hall–Kier alpha value is -4.41. The molecule has 0 bridgehead atoms. The van der Waals surface area contributed by atoms with Crippen molar-refractivity contribution in [1.82, 2.24) is 15.6 Å². The molecule has 162 valence electrons. The molecular formula is C21H20N8O3. The van der Waals surface area contributed by atoms with Crippen molar-refractivity contribution in [3.8, 4) is 0 Å². The van der Waals surface area contributed by atoms with Gasteiger partial charge in [-0.2, -0.15) is 0 Å². The van der Waals surface area contributed by atoms with Gasteiger partial charge in [-0.3, -0.25) is 29.9 Å². The fourth-order valence-corrected chi connectivity index (χ4v) is 3.18. The highest BCUT2D eigenvalue weighted by molar-refractivity contribution is 6.33. The van der Waals surface area contributed by atoms with Crippen LogP contribution in [0.25, 0.3) is 0 Å². The quantitative estimate of drug-likeness (QED) is 0.444. The summed E-state index contributed by atoms with van der Waals surface area (Å²) in [5, 5.41) is 8.26. The lowest BCUT2D eigenvalue weighted by Crippen LogP contribution is -2.52. The minimum atomic E-state index is -0.828. The third kappa shape index (κ3) is 4.67. The predicted molar refractivity (Wildman–Crippen MR) is 119 cm³/mol. The molecule has 0 saturated carbocycles. The minimum absolute atomic E-state index is 0.0359. The first-order chi connectivity index (χ1) is 15.5. The molecule has 0 aliphatic carbocycles. The molecule has 11 heteroatoms. The van der Waals surface area contributed by atoms with E-state index in [-0.39, 0.29) is 11.9 Å². The molecule has 0 radical (unpaired) electrons. The van der Waals surface area contributed by atoms with Gasteiger partial charge in [0.15, 0.2) is 18.2 Å². The normalized spacial score (nSPS) is 20.2. The van der Waals surface area contributed by atoms with Crippen LogP contribution in [0.5, 0.6) is 0 Å². The number of aromatic nitrogens is 1. The Balaban J connectivity index is 1.35. The van der Waals surface area contributed by atoms with Gasteiger partial charge in [-0.25, -0.2) is 4.99 Å². The summed E-state index contributed by atoms with van der Waals surface area (Å²) in [6, 6.07) is 10.3. The highest BCUT2D eigenvalue weighted by Crippen LogP contribution is 2.15. The summed E-state index contributed by atoms with van der Waals surface area (Å²) in [6.45, 7) is 0.331. The van der Waals surface area contributed by atoms with Gasteiger partial charge >= 0.3 is 0 Å². The van der Waals surface area contributed by atoms with E-state index in [1.165, 1.54) is 0 Å². The van der Waals surface area contributed by atoms with E-state index in [1.54, 1.807) is 54.9 Å². The Morgan fingerprint density at radius 1 is 1.19 bits per heavy atom. The van der Waals surface area contributed by atoms with Crippen molar-refractivity contribution < 1.29 is 14.4 Å². The number of nitrogens with two attached hydrogens (primary N) is 1. The summed E-state index contributed by atoms with van der Waals surface area (Å²) in [5.74, 6) is -0.697.